The zero-order valence-corrected chi connectivity index (χ0v) is 14.7. The summed E-state index contributed by atoms with van der Waals surface area (Å²) < 4.78 is 6.66. The Bertz CT molecular complexity index is 936. The highest BCUT2D eigenvalue weighted by molar-refractivity contribution is 7.99. The first-order valence-corrected chi connectivity index (χ1v) is 8.62. The summed E-state index contributed by atoms with van der Waals surface area (Å²) in [5.74, 6) is 0.502. The first-order chi connectivity index (χ1) is 12.1. The van der Waals surface area contributed by atoms with E-state index in [0.717, 1.165) is 11.0 Å². The van der Waals surface area contributed by atoms with E-state index in [1.165, 1.54) is 23.3 Å². The minimum Gasteiger partial charge on any atom is -0.497 e. The van der Waals surface area contributed by atoms with Gasteiger partial charge in [0.05, 0.1) is 23.9 Å². The first kappa shape index (κ1) is 17.0. The van der Waals surface area contributed by atoms with Gasteiger partial charge in [-0.15, -0.1) is 0 Å². The van der Waals surface area contributed by atoms with Crippen LogP contribution in [-0.4, -0.2) is 34.2 Å². The third-order valence-corrected chi connectivity index (χ3v) is 4.47. The van der Waals surface area contributed by atoms with Crippen molar-refractivity contribution in [1.82, 2.24) is 9.55 Å². The van der Waals surface area contributed by atoms with E-state index in [1.807, 2.05) is 24.3 Å². The van der Waals surface area contributed by atoms with Crippen molar-refractivity contribution in [1.29, 1.82) is 0 Å². The second kappa shape index (κ2) is 7.40. The van der Waals surface area contributed by atoms with Crippen molar-refractivity contribution in [3.63, 3.8) is 0 Å². The molecule has 1 amide bonds. The summed E-state index contributed by atoms with van der Waals surface area (Å²) in [5.41, 5.74) is 2.13. The smallest absolute Gasteiger partial charge is 0.234 e. The molecule has 0 saturated heterocycles. The van der Waals surface area contributed by atoms with E-state index in [-0.39, 0.29) is 17.6 Å². The van der Waals surface area contributed by atoms with Gasteiger partial charge in [0.2, 0.25) is 11.8 Å². The van der Waals surface area contributed by atoms with Crippen molar-refractivity contribution in [2.75, 3.05) is 18.2 Å². The zero-order chi connectivity index (χ0) is 17.8. The first-order valence-electron chi connectivity index (χ1n) is 7.63. The molecule has 0 aliphatic heterocycles. The van der Waals surface area contributed by atoms with Crippen LogP contribution < -0.4 is 10.1 Å². The van der Waals surface area contributed by atoms with Gasteiger partial charge in [0.15, 0.2) is 5.16 Å². The fraction of sp³-hybridized carbons (Fsp3) is 0.167. The number of aromatic nitrogens is 2. The maximum absolute atomic E-state index is 12.2. The second-order valence-corrected chi connectivity index (χ2v) is 6.25. The molecule has 7 heteroatoms. The third-order valence-electron chi connectivity index (χ3n) is 3.53. The maximum Gasteiger partial charge on any atom is 0.234 e. The van der Waals surface area contributed by atoms with E-state index in [0.29, 0.717) is 16.6 Å². The Morgan fingerprint density at radius 2 is 2.00 bits per heavy atom. The molecule has 2 aromatic carbocycles. The van der Waals surface area contributed by atoms with Gasteiger partial charge in [0.1, 0.15) is 5.75 Å². The molecule has 1 N–H and O–H groups in total. The SMILES string of the molecule is COc1cccc(NC(=O)CSc2nc3ccccc3n2C(C)=O)c1. The van der Waals surface area contributed by atoms with Crippen LogP contribution in [0.15, 0.2) is 53.7 Å². The van der Waals surface area contributed by atoms with E-state index >= 15 is 0 Å². The molecule has 0 saturated carbocycles. The number of carbonyl (C=O) groups excluding carboxylic acids is 2. The summed E-state index contributed by atoms with van der Waals surface area (Å²) in [6, 6.07) is 14.5. The van der Waals surface area contributed by atoms with Gasteiger partial charge in [-0.3, -0.25) is 14.2 Å². The van der Waals surface area contributed by atoms with Crippen LogP contribution in [0.25, 0.3) is 11.0 Å². The van der Waals surface area contributed by atoms with Gasteiger partial charge >= 0.3 is 0 Å². The van der Waals surface area contributed by atoms with Gasteiger partial charge in [-0.25, -0.2) is 4.98 Å². The van der Waals surface area contributed by atoms with Crippen molar-refractivity contribution in [3.8, 4) is 5.75 Å². The number of methoxy groups -OCH3 is 1. The lowest BCUT2D eigenvalue weighted by atomic mass is 10.3. The van der Waals surface area contributed by atoms with Crippen LogP contribution >= 0.6 is 11.8 Å². The van der Waals surface area contributed by atoms with Crippen molar-refractivity contribution in [2.24, 2.45) is 0 Å². The fourth-order valence-corrected chi connectivity index (χ4v) is 3.28. The molecule has 0 atom stereocenters. The number of hydrogen-bond acceptors (Lipinski definition) is 5. The number of carbonyl (C=O) groups is 2. The Hall–Kier alpha value is -2.80. The van der Waals surface area contributed by atoms with Crippen molar-refractivity contribution in [3.05, 3.63) is 48.5 Å². The Morgan fingerprint density at radius 3 is 2.76 bits per heavy atom. The normalized spacial score (nSPS) is 10.6. The molecule has 0 unspecified atom stereocenters. The molecule has 25 heavy (non-hydrogen) atoms. The Kier molecular flexibility index (Phi) is 5.04. The molecule has 0 bridgehead atoms. The lowest BCUT2D eigenvalue weighted by Crippen LogP contribution is -2.15. The lowest BCUT2D eigenvalue weighted by molar-refractivity contribution is -0.113. The molecule has 3 rings (SSSR count). The van der Waals surface area contributed by atoms with Crippen LogP contribution in [0.5, 0.6) is 5.75 Å². The van der Waals surface area contributed by atoms with Gasteiger partial charge in [0, 0.05) is 18.7 Å². The number of thioether (sulfide) groups is 1. The number of ether oxygens (including phenoxy) is 1. The van der Waals surface area contributed by atoms with Crippen molar-refractivity contribution in [2.45, 2.75) is 12.1 Å². The minimum atomic E-state index is -0.180. The van der Waals surface area contributed by atoms with E-state index in [4.69, 9.17) is 4.74 Å². The molecular formula is C18H17N3O3S. The highest BCUT2D eigenvalue weighted by atomic mass is 32.2. The predicted molar refractivity (Wildman–Crippen MR) is 98.4 cm³/mol. The van der Waals surface area contributed by atoms with Crippen molar-refractivity contribution < 1.29 is 14.3 Å². The third kappa shape index (κ3) is 3.83. The molecule has 3 aromatic rings. The molecule has 0 radical (unpaired) electrons. The van der Waals surface area contributed by atoms with E-state index in [1.54, 1.807) is 31.4 Å². The second-order valence-electron chi connectivity index (χ2n) is 5.31. The number of imidazole rings is 1. The van der Waals surface area contributed by atoms with Crippen LogP contribution in [0.2, 0.25) is 0 Å². The number of nitrogens with zero attached hydrogens (tertiary/aromatic N) is 2. The average molecular weight is 355 g/mol. The quantitative estimate of drug-likeness (QED) is 0.710. The molecule has 0 spiro atoms. The Balaban J connectivity index is 1.72. The number of benzene rings is 2. The number of amides is 1. The summed E-state index contributed by atoms with van der Waals surface area (Å²) in [6.45, 7) is 1.48. The highest BCUT2D eigenvalue weighted by Gasteiger charge is 2.15. The molecule has 1 aromatic heterocycles. The van der Waals surface area contributed by atoms with Crippen LogP contribution in [0, 0.1) is 0 Å². The van der Waals surface area contributed by atoms with Crippen LogP contribution in [0.1, 0.15) is 11.7 Å². The maximum atomic E-state index is 12.2. The Morgan fingerprint density at radius 1 is 1.20 bits per heavy atom. The molecule has 0 aliphatic carbocycles. The highest BCUT2D eigenvalue weighted by Crippen LogP contribution is 2.24. The average Bonchev–Trinajstić information content (AvgIpc) is 2.98. The monoisotopic (exact) mass is 355 g/mol. The predicted octanol–water partition coefficient (Wildman–Crippen LogP) is 3.44. The molecule has 0 aliphatic rings. The van der Waals surface area contributed by atoms with Crippen LogP contribution in [0.4, 0.5) is 5.69 Å². The van der Waals surface area contributed by atoms with Crippen molar-refractivity contribution >= 4 is 40.3 Å². The standard InChI is InChI=1S/C18H17N3O3S/c1-12(22)21-16-9-4-3-8-15(16)20-18(21)25-11-17(23)19-13-6-5-7-14(10-13)24-2/h3-10H,11H2,1-2H3,(H,19,23). The van der Waals surface area contributed by atoms with Crippen LogP contribution in [-0.2, 0) is 4.79 Å². The number of nitrogens with one attached hydrogen (secondary N) is 1. The molecule has 6 nitrogen and oxygen atoms in total. The molecule has 1 heterocycles. The summed E-state index contributed by atoms with van der Waals surface area (Å²) in [5, 5.41) is 3.32. The number of para-hydroxylation sites is 2. The summed E-state index contributed by atoms with van der Waals surface area (Å²) >= 11 is 1.23. The van der Waals surface area contributed by atoms with Gasteiger partial charge in [-0.1, -0.05) is 30.0 Å². The van der Waals surface area contributed by atoms with E-state index < -0.39 is 0 Å². The summed E-state index contributed by atoms with van der Waals surface area (Å²) in [6.07, 6.45) is 0. The summed E-state index contributed by atoms with van der Waals surface area (Å²) in [4.78, 5) is 28.6. The van der Waals surface area contributed by atoms with E-state index in [2.05, 4.69) is 10.3 Å². The Labute approximate surface area is 149 Å². The van der Waals surface area contributed by atoms with Gasteiger partial charge in [-0.05, 0) is 24.3 Å². The number of fused-ring (bicyclic) bond motifs is 1. The largest absolute Gasteiger partial charge is 0.497 e. The van der Waals surface area contributed by atoms with Gasteiger partial charge < -0.3 is 10.1 Å². The van der Waals surface area contributed by atoms with E-state index in [9.17, 15) is 9.59 Å². The topological polar surface area (TPSA) is 73.2 Å². The van der Waals surface area contributed by atoms with Gasteiger partial charge in [0.25, 0.3) is 0 Å². The number of anilines is 1. The number of rotatable bonds is 5. The molecule has 128 valence electrons. The van der Waals surface area contributed by atoms with Gasteiger partial charge in [-0.2, -0.15) is 0 Å². The zero-order valence-electron chi connectivity index (χ0n) is 13.9. The number of hydrogen-bond donors (Lipinski definition) is 1. The molecule has 0 fully saturated rings. The molecular weight excluding hydrogens is 338 g/mol. The summed E-state index contributed by atoms with van der Waals surface area (Å²) in [7, 11) is 1.57. The fourth-order valence-electron chi connectivity index (χ4n) is 2.43. The van der Waals surface area contributed by atoms with Crippen LogP contribution in [0.3, 0.4) is 0 Å². The minimum absolute atomic E-state index is 0.135. The lowest BCUT2D eigenvalue weighted by Gasteiger charge is -2.07.